The van der Waals surface area contributed by atoms with Crippen molar-refractivity contribution in [2.45, 2.75) is 234 Å². The Balaban J connectivity index is 1.74. The zero-order valence-electron chi connectivity index (χ0n) is 49.0. The van der Waals surface area contributed by atoms with E-state index in [1.54, 1.807) is 24.3 Å². The fourth-order valence-electron chi connectivity index (χ4n) is 10.5. The Morgan fingerprint density at radius 2 is 0.526 bits per heavy atom. The molecule has 0 unspecified atom stereocenters. The van der Waals surface area contributed by atoms with Gasteiger partial charge in [-0.3, -0.25) is 0 Å². The Morgan fingerprint density at radius 1 is 0.295 bits per heavy atom. The van der Waals surface area contributed by atoms with Gasteiger partial charge in [-0.1, -0.05) is 193 Å². The maximum atomic E-state index is 11.7. The highest BCUT2D eigenvalue weighted by atomic mass is 16.4. The van der Waals surface area contributed by atoms with Crippen LogP contribution in [0, 0.1) is 35.5 Å². The fraction of sp³-hybridized carbons (Fsp3) is 0.486. The molecule has 0 spiro atoms. The van der Waals surface area contributed by atoms with Crippen LogP contribution < -0.4 is 0 Å². The molecule has 0 saturated heterocycles. The van der Waals surface area contributed by atoms with Gasteiger partial charge in [-0.15, -0.1) is 0 Å². The molecule has 0 aliphatic carbocycles. The van der Waals surface area contributed by atoms with E-state index in [2.05, 4.69) is 113 Å². The molecule has 0 aliphatic rings. The lowest BCUT2D eigenvalue weighted by molar-refractivity contribution is 0.0686. The molecule has 0 bridgehead atoms. The number of carboxylic acid groups (broad SMARTS) is 2. The van der Waals surface area contributed by atoms with Gasteiger partial charge in [-0.05, 0) is 206 Å². The zero-order chi connectivity index (χ0) is 55.7. The van der Waals surface area contributed by atoms with Gasteiger partial charge in [-0.25, -0.2) is 9.59 Å². The summed E-state index contributed by atoms with van der Waals surface area (Å²) in [5.41, 5.74) is 17.3. The second-order valence-electron chi connectivity index (χ2n) is 21.9. The van der Waals surface area contributed by atoms with Gasteiger partial charge >= 0.3 is 11.9 Å². The van der Waals surface area contributed by atoms with Crippen LogP contribution in [0.25, 0.3) is 11.1 Å². The Kier molecular flexibility index (Phi) is 28.9. The van der Waals surface area contributed by atoms with E-state index in [1.165, 1.54) is 160 Å². The number of carbonyl (C=O) groups is 2. The van der Waals surface area contributed by atoms with Crippen LogP contribution in [0.2, 0.25) is 0 Å². The van der Waals surface area contributed by atoms with Gasteiger partial charge in [0.05, 0.1) is 11.1 Å². The number of carboxylic acids is 2. The molecular formula is C74H94O4. The standard InChI is InChI=1S/C74H94O4/c1-7-13-19-25-31-61-52-67(62(32-26-20-14-8-2)51-65(61)47-41-57-37-43-59(44-38-57)73(75)76)49-50-68-54-70(36-30-24-18-12-6)72(56-64(68)34-28-22-16-10-4)71-55-63(33-27-21-15-9-3)66(53-69(71)35-29-23-17-11-5)48-42-58-39-45-60(46-40-58)74(77)78/h37-40,43-46,51-56H,7-36H2,1-6H3,(H,75,76)(H,77,78). The largest absolute Gasteiger partial charge is 0.478 e. The number of hydrogen-bond donors (Lipinski definition) is 2. The number of unbranched alkanes of at least 4 members (excludes halogenated alkanes) is 18. The SMILES string of the molecule is CCCCCCc1cc(C#Cc2cc(CCCCCC)c(-c3cc(CCCCCC)c(C#Cc4ccc(C(=O)O)cc4)cc3CCCCCC)cc2CCCCCC)c(CCCCCC)cc1C#Cc1ccc(C(=O)O)cc1. The van der Waals surface area contributed by atoms with Crippen LogP contribution >= 0.6 is 0 Å². The van der Waals surface area contributed by atoms with E-state index in [0.717, 1.165) is 110 Å². The van der Waals surface area contributed by atoms with E-state index in [1.807, 2.05) is 24.3 Å². The quantitative estimate of drug-likeness (QED) is 0.0324. The second-order valence-corrected chi connectivity index (χ2v) is 21.9. The highest BCUT2D eigenvalue weighted by Gasteiger charge is 2.18. The summed E-state index contributed by atoms with van der Waals surface area (Å²) in [4.78, 5) is 23.3. The topological polar surface area (TPSA) is 74.6 Å². The molecule has 0 heterocycles. The number of aryl methyl sites for hydroxylation is 6. The van der Waals surface area contributed by atoms with Crippen molar-refractivity contribution in [1.82, 2.24) is 0 Å². The summed E-state index contributed by atoms with van der Waals surface area (Å²) in [5, 5.41) is 19.1. The number of benzene rings is 5. The third-order valence-electron chi connectivity index (χ3n) is 15.4. The van der Waals surface area contributed by atoms with E-state index in [9.17, 15) is 19.8 Å². The fourth-order valence-corrected chi connectivity index (χ4v) is 10.5. The van der Waals surface area contributed by atoms with Crippen LogP contribution in [-0.4, -0.2) is 22.2 Å². The second kappa shape index (κ2) is 36.0. The molecular weight excluding hydrogens is 953 g/mol. The van der Waals surface area contributed by atoms with Crippen molar-refractivity contribution < 1.29 is 19.8 Å². The maximum absolute atomic E-state index is 11.7. The van der Waals surface area contributed by atoms with E-state index in [-0.39, 0.29) is 11.1 Å². The summed E-state index contributed by atoms with van der Waals surface area (Å²) in [5.74, 6) is 19.9. The molecule has 0 radical (unpaired) electrons. The molecule has 4 heteroatoms. The first-order valence-corrected chi connectivity index (χ1v) is 30.8. The Labute approximate surface area is 473 Å². The first-order chi connectivity index (χ1) is 38.1. The maximum Gasteiger partial charge on any atom is 0.335 e. The minimum atomic E-state index is -0.931. The average molecular weight is 1050 g/mol. The van der Waals surface area contributed by atoms with Crippen molar-refractivity contribution in [3.05, 3.63) is 163 Å². The Bertz CT molecular complexity index is 2830. The normalized spacial score (nSPS) is 10.8. The first-order valence-electron chi connectivity index (χ1n) is 30.8. The first kappa shape index (κ1) is 62.6. The van der Waals surface area contributed by atoms with Crippen LogP contribution in [0.3, 0.4) is 0 Å². The zero-order valence-corrected chi connectivity index (χ0v) is 49.0. The molecule has 0 aromatic heterocycles. The number of aromatic carboxylic acids is 2. The molecule has 5 aromatic rings. The van der Waals surface area contributed by atoms with Crippen LogP contribution in [0.4, 0.5) is 0 Å². The summed E-state index contributed by atoms with van der Waals surface area (Å²) in [7, 11) is 0. The van der Waals surface area contributed by atoms with Crippen LogP contribution in [0.1, 0.15) is 283 Å². The molecule has 0 atom stereocenters. The minimum absolute atomic E-state index is 0.267. The van der Waals surface area contributed by atoms with E-state index >= 15 is 0 Å². The van der Waals surface area contributed by atoms with Crippen LogP contribution in [0.5, 0.6) is 0 Å². The molecule has 0 fully saturated rings. The molecule has 2 N–H and O–H groups in total. The highest BCUT2D eigenvalue weighted by molar-refractivity contribution is 5.88. The van der Waals surface area contributed by atoms with E-state index < -0.39 is 11.9 Å². The molecule has 78 heavy (non-hydrogen) atoms. The number of hydrogen-bond acceptors (Lipinski definition) is 2. The average Bonchev–Trinajstić information content (AvgIpc) is 3.47. The van der Waals surface area contributed by atoms with Gasteiger partial charge in [0.2, 0.25) is 0 Å². The monoisotopic (exact) mass is 1050 g/mol. The van der Waals surface area contributed by atoms with Gasteiger partial charge in [-0.2, -0.15) is 0 Å². The molecule has 0 amide bonds. The van der Waals surface area contributed by atoms with Gasteiger partial charge in [0.15, 0.2) is 0 Å². The van der Waals surface area contributed by atoms with Crippen molar-refractivity contribution in [2.75, 3.05) is 0 Å². The molecule has 5 aromatic carbocycles. The van der Waals surface area contributed by atoms with Crippen molar-refractivity contribution >= 4 is 11.9 Å². The smallest absolute Gasteiger partial charge is 0.335 e. The van der Waals surface area contributed by atoms with E-state index in [4.69, 9.17) is 0 Å². The van der Waals surface area contributed by atoms with Gasteiger partial charge in [0, 0.05) is 33.4 Å². The lowest BCUT2D eigenvalue weighted by atomic mass is 9.84. The lowest BCUT2D eigenvalue weighted by Gasteiger charge is -2.20. The third kappa shape index (κ3) is 21.2. The molecule has 0 saturated carbocycles. The summed E-state index contributed by atoms with van der Waals surface area (Å²) in [6.45, 7) is 13.7. The van der Waals surface area contributed by atoms with Crippen LogP contribution in [0.15, 0.2) is 84.9 Å². The Hall–Kier alpha value is -6.28. The predicted molar refractivity (Wildman–Crippen MR) is 330 cm³/mol. The van der Waals surface area contributed by atoms with Crippen LogP contribution in [-0.2, 0) is 38.5 Å². The van der Waals surface area contributed by atoms with Crippen molar-refractivity contribution in [2.24, 2.45) is 0 Å². The highest BCUT2D eigenvalue weighted by Crippen LogP contribution is 2.36. The Morgan fingerprint density at radius 3 is 0.782 bits per heavy atom. The predicted octanol–water partition coefficient (Wildman–Crippen LogP) is 19.7. The third-order valence-corrected chi connectivity index (χ3v) is 15.4. The summed E-state index contributed by atoms with van der Waals surface area (Å²) in [6.07, 6.45) is 34.2. The molecule has 5 rings (SSSR count). The lowest BCUT2D eigenvalue weighted by Crippen LogP contribution is -2.03. The molecule has 0 aliphatic heterocycles. The van der Waals surface area contributed by atoms with E-state index in [0.29, 0.717) is 0 Å². The van der Waals surface area contributed by atoms with Crippen molar-refractivity contribution in [1.29, 1.82) is 0 Å². The molecule has 414 valence electrons. The van der Waals surface area contributed by atoms with Gasteiger partial charge in [0.25, 0.3) is 0 Å². The van der Waals surface area contributed by atoms with Crippen molar-refractivity contribution in [3.63, 3.8) is 0 Å². The van der Waals surface area contributed by atoms with Crippen molar-refractivity contribution in [3.8, 4) is 46.6 Å². The summed E-state index contributed by atoms with van der Waals surface area (Å²) < 4.78 is 0. The summed E-state index contributed by atoms with van der Waals surface area (Å²) in [6, 6.07) is 28.6. The number of rotatable bonds is 33. The molecule has 4 nitrogen and oxygen atoms in total. The minimum Gasteiger partial charge on any atom is -0.478 e. The van der Waals surface area contributed by atoms with Gasteiger partial charge in [0.1, 0.15) is 0 Å². The van der Waals surface area contributed by atoms with Gasteiger partial charge < -0.3 is 10.2 Å². The summed E-state index contributed by atoms with van der Waals surface area (Å²) >= 11 is 0.